The molecule has 0 aromatic heterocycles. The smallest absolute Gasteiger partial charge is 0.253 e. The molecule has 0 bridgehead atoms. The van der Waals surface area contributed by atoms with Crippen molar-refractivity contribution in [3.8, 4) is 11.5 Å². The predicted molar refractivity (Wildman–Crippen MR) is 373 cm³/mol. The molecule has 0 radical (unpaired) electrons. The van der Waals surface area contributed by atoms with Gasteiger partial charge in [0.25, 0.3) is 7.37 Å². The molecule has 0 saturated heterocycles. The Balaban J connectivity index is 1.90. The van der Waals surface area contributed by atoms with E-state index in [1.54, 1.807) is 9.80 Å². The van der Waals surface area contributed by atoms with Gasteiger partial charge in [0.15, 0.2) is 0 Å². The molecule has 0 heterocycles. The van der Waals surface area contributed by atoms with Gasteiger partial charge in [-0.15, -0.1) is 0 Å². The number of nitrogens with zero attached hydrogens (tertiary/aromatic N) is 2. The van der Waals surface area contributed by atoms with Gasteiger partial charge in [-0.1, -0.05) is 260 Å². The van der Waals surface area contributed by atoms with Crippen LogP contribution in [0.3, 0.4) is 0 Å². The number of benzene rings is 4. The first kappa shape index (κ1) is 74.6. The molecule has 0 spiro atoms. The second-order valence-electron chi connectivity index (χ2n) is 29.2. The van der Waals surface area contributed by atoms with E-state index in [1.807, 2.05) is 168 Å². The van der Waals surface area contributed by atoms with Gasteiger partial charge in [-0.2, -0.15) is 0 Å². The van der Waals surface area contributed by atoms with Crippen molar-refractivity contribution in [3.63, 3.8) is 0 Å². The third-order valence-corrected chi connectivity index (χ3v) is 19.7. The second kappa shape index (κ2) is 36.7. The number of phenols is 2. The van der Waals surface area contributed by atoms with Gasteiger partial charge in [-0.05, 0) is 168 Å². The molecule has 0 aliphatic rings. The molecule has 8 nitrogen and oxygen atoms in total. The number of carbonyl (C=O) groups excluding carboxylic acids is 2. The molecule has 0 aliphatic carbocycles. The van der Waals surface area contributed by atoms with Gasteiger partial charge in [0.1, 0.15) is 23.1 Å². The number of hydrogen-bond acceptors (Lipinski definition) is 5. The second-order valence-corrected chi connectivity index (χ2v) is 31.5. The van der Waals surface area contributed by atoms with Crippen LogP contribution in [-0.2, 0) is 35.8 Å². The molecule has 484 valence electrons. The summed E-state index contributed by atoms with van der Waals surface area (Å²) in [5.74, 6) is -3.52. The largest absolute Gasteiger partial charge is 0.507 e. The van der Waals surface area contributed by atoms with Crippen molar-refractivity contribution in [3.05, 3.63) is 143 Å². The molecule has 4 aromatic carbocycles. The van der Waals surface area contributed by atoms with E-state index in [1.165, 1.54) is 77.0 Å². The number of anilines is 2. The molecule has 2 amide bonds. The van der Waals surface area contributed by atoms with Crippen molar-refractivity contribution < 1.29 is 29.3 Å². The monoisotopic (exact) mass is 1210 g/mol. The summed E-state index contributed by atoms with van der Waals surface area (Å²) in [5.41, 5.74) is 1.49. The first-order valence-corrected chi connectivity index (χ1v) is 36.1. The fraction of sp³-hybridized carbons (Fsp3) is 0.615. The number of unbranched alkanes of at least 4 members (excludes halogenated alkanes) is 22. The van der Waals surface area contributed by atoms with Gasteiger partial charge in [-0.25, -0.2) is 0 Å². The Morgan fingerprint density at radius 2 is 0.644 bits per heavy atom. The van der Waals surface area contributed by atoms with Gasteiger partial charge in [0, 0.05) is 24.2 Å². The van der Waals surface area contributed by atoms with E-state index in [-0.39, 0.29) is 36.2 Å². The van der Waals surface area contributed by atoms with E-state index in [9.17, 15) is 15.1 Å². The Hall–Kier alpha value is -4.91. The Bertz CT molecular complexity index is 2500. The third-order valence-electron chi connectivity index (χ3n) is 17.2. The Morgan fingerprint density at radius 1 is 0.402 bits per heavy atom. The minimum Gasteiger partial charge on any atom is -0.507 e. The molecule has 87 heavy (non-hydrogen) atoms. The minimum absolute atomic E-state index is 0.108. The van der Waals surface area contributed by atoms with Crippen LogP contribution < -0.4 is 9.80 Å². The maximum absolute atomic E-state index is 17.7. The van der Waals surface area contributed by atoms with Crippen LogP contribution in [0.2, 0.25) is 0 Å². The van der Waals surface area contributed by atoms with E-state index in [2.05, 4.69) is 38.2 Å². The summed E-state index contributed by atoms with van der Waals surface area (Å²) >= 11 is 0. The first-order valence-electron chi connectivity index (χ1n) is 34.3. The fourth-order valence-electron chi connectivity index (χ4n) is 12.0. The quantitative estimate of drug-likeness (QED) is 0.0234. The maximum atomic E-state index is 17.7. The van der Waals surface area contributed by atoms with Crippen LogP contribution >= 0.6 is 7.37 Å². The molecular formula is C78H121N2O6P. The van der Waals surface area contributed by atoms with E-state index in [0.717, 1.165) is 77.0 Å². The average Bonchev–Trinajstić information content (AvgIpc) is 0.828. The van der Waals surface area contributed by atoms with E-state index in [0.29, 0.717) is 57.6 Å². The van der Waals surface area contributed by atoms with Gasteiger partial charge in [0.2, 0.25) is 11.8 Å². The van der Waals surface area contributed by atoms with Crippen LogP contribution in [0.25, 0.3) is 0 Å². The number of amides is 2. The molecule has 0 saturated carbocycles. The van der Waals surface area contributed by atoms with Crippen molar-refractivity contribution in [2.45, 2.75) is 310 Å². The number of phenolic OH excluding ortho intramolecular Hbond substituents is 2. The van der Waals surface area contributed by atoms with Crippen LogP contribution in [0.4, 0.5) is 11.4 Å². The first-order chi connectivity index (χ1) is 41.2. The highest BCUT2D eigenvalue weighted by Gasteiger charge is 2.51. The van der Waals surface area contributed by atoms with E-state index in [4.69, 9.17) is 0 Å². The number of carbonyl (C=O) groups is 2. The van der Waals surface area contributed by atoms with E-state index < -0.39 is 40.6 Å². The highest BCUT2D eigenvalue weighted by molar-refractivity contribution is 7.59. The third kappa shape index (κ3) is 24.1. The van der Waals surface area contributed by atoms with Gasteiger partial charge < -0.3 is 15.1 Å². The molecular weight excluding hydrogens is 1090 g/mol. The van der Waals surface area contributed by atoms with Crippen molar-refractivity contribution in [2.24, 2.45) is 0 Å². The lowest BCUT2D eigenvalue weighted by molar-refractivity contribution is -0.119. The summed E-state index contributed by atoms with van der Waals surface area (Å²) in [6, 6.07) is 25.8. The normalized spacial score (nSPS) is 14.0. The number of para-hydroxylation sites is 2. The molecule has 9 heteroatoms. The van der Waals surface area contributed by atoms with Crippen molar-refractivity contribution in [1.82, 2.24) is 0 Å². The van der Waals surface area contributed by atoms with Crippen LogP contribution in [0.1, 0.15) is 322 Å². The SMILES string of the molecule is CCCCCCCC/C=C\CCCCCCCC(=O)N(c1ccccc1)C(c1cc(C(C)(C)C)c(O)c(C(C)(C)C)c1)P(=O)(O)C(c1cc(C(C)(C)C)c(O)c(C(C)(C)C)c1)N(C(=O)CCCCCCC/C=C\CCCCCCCC)c1ccccc1. The lowest BCUT2D eigenvalue weighted by atomic mass is 9.78. The molecule has 0 aliphatic heterocycles. The summed E-state index contributed by atoms with van der Waals surface area (Å²) < 4.78 is 17.7. The topological polar surface area (TPSA) is 118 Å². The fourth-order valence-corrected chi connectivity index (χ4v) is 14.6. The highest BCUT2D eigenvalue weighted by Crippen LogP contribution is 2.70. The molecule has 4 aromatic rings. The zero-order chi connectivity index (χ0) is 64.3. The Kier molecular flexibility index (Phi) is 31.4. The van der Waals surface area contributed by atoms with Crippen molar-refractivity contribution in [2.75, 3.05) is 9.80 Å². The number of aromatic hydroxyl groups is 2. The molecule has 3 N–H and O–H groups in total. The summed E-state index contributed by atoms with van der Waals surface area (Å²) in [4.78, 5) is 49.2. The Labute approximate surface area is 531 Å². The molecule has 2 unspecified atom stereocenters. The minimum atomic E-state index is -5.14. The van der Waals surface area contributed by atoms with Crippen LogP contribution in [-0.4, -0.2) is 26.9 Å². The predicted octanol–water partition coefficient (Wildman–Crippen LogP) is 23.4. The average molecular weight is 1210 g/mol. The standard InChI is InChI=1S/C78H121N2O6P/c1-15-17-19-21-23-25-27-29-31-33-35-37-39-41-49-55-69(81)79(63-51-45-43-46-52-63)73(61-57-65(75(3,4)5)71(83)66(58-61)76(6,7)8)87(85,86)74(62-59-67(77(9,10)11)72(84)68(60-62)78(12,13)14)80(64-53-47-44-48-54-64)70(82)56-50-42-40-38-36-34-32-30-28-26-24-22-20-18-16-2/h29-32,43-48,51-54,57-60,73-74,83-84H,15-28,33-42,49-50,55-56H2,1-14H3,(H,85,86)/b31-29-,32-30-. The molecule has 2 atom stereocenters. The van der Waals surface area contributed by atoms with Crippen molar-refractivity contribution in [1.29, 1.82) is 0 Å². The number of hydrogen-bond donors (Lipinski definition) is 3. The van der Waals surface area contributed by atoms with E-state index >= 15 is 14.2 Å². The maximum Gasteiger partial charge on any atom is 0.253 e. The van der Waals surface area contributed by atoms with Gasteiger partial charge in [-0.3, -0.25) is 24.0 Å². The zero-order valence-corrected chi connectivity index (χ0v) is 58.1. The summed E-state index contributed by atoms with van der Waals surface area (Å²) in [5, 5.41) is 24.6. The van der Waals surface area contributed by atoms with Crippen LogP contribution in [0, 0.1) is 0 Å². The van der Waals surface area contributed by atoms with Crippen molar-refractivity contribution >= 4 is 30.6 Å². The van der Waals surface area contributed by atoms with Gasteiger partial charge >= 0.3 is 0 Å². The number of rotatable bonds is 38. The lowest BCUT2D eigenvalue weighted by Gasteiger charge is -2.43. The molecule has 4 rings (SSSR count). The molecule has 0 fully saturated rings. The Morgan fingerprint density at radius 3 is 0.897 bits per heavy atom. The summed E-state index contributed by atoms with van der Waals surface area (Å²) in [6.07, 6.45) is 38.6. The summed E-state index contributed by atoms with van der Waals surface area (Å²) in [6.45, 7) is 28.7. The summed E-state index contributed by atoms with van der Waals surface area (Å²) in [7, 11) is -5.14. The number of allylic oxidation sites excluding steroid dienone is 4. The highest BCUT2D eigenvalue weighted by atomic mass is 31.2. The van der Waals surface area contributed by atoms with Crippen LogP contribution in [0.5, 0.6) is 11.5 Å². The lowest BCUT2D eigenvalue weighted by Crippen LogP contribution is -2.41. The zero-order valence-electron chi connectivity index (χ0n) is 57.3. The van der Waals surface area contributed by atoms with Crippen LogP contribution in [0.15, 0.2) is 109 Å². The van der Waals surface area contributed by atoms with Gasteiger partial charge in [0.05, 0.1) is 0 Å².